The maximum Gasteiger partial charge on any atom is 0.279 e. The van der Waals surface area contributed by atoms with Crippen molar-refractivity contribution in [1.29, 1.82) is 0 Å². The Morgan fingerprint density at radius 2 is 1.75 bits per heavy atom. The van der Waals surface area contributed by atoms with Gasteiger partial charge in [0, 0.05) is 25.4 Å². The van der Waals surface area contributed by atoms with Gasteiger partial charge in [0.1, 0.15) is 5.75 Å². The lowest BCUT2D eigenvalue weighted by Crippen LogP contribution is -2.36. The molecule has 0 spiro atoms. The van der Waals surface area contributed by atoms with Crippen molar-refractivity contribution < 1.29 is 14.3 Å². The minimum atomic E-state index is -0.536. The van der Waals surface area contributed by atoms with Crippen LogP contribution in [0.1, 0.15) is 16.9 Å². The third-order valence-electron chi connectivity index (χ3n) is 4.36. The molecule has 3 aromatic rings. The van der Waals surface area contributed by atoms with Crippen molar-refractivity contribution in [1.82, 2.24) is 9.78 Å². The molecule has 2 amide bonds. The Balaban J connectivity index is 2.17. The van der Waals surface area contributed by atoms with Crippen molar-refractivity contribution in [3.8, 4) is 5.75 Å². The van der Waals surface area contributed by atoms with E-state index >= 15 is 0 Å². The van der Waals surface area contributed by atoms with Gasteiger partial charge in [0.25, 0.3) is 11.5 Å². The van der Waals surface area contributed by atoms with E-state index in [1.807, 2.05) is 0 Å². The molecule has 0 bridgehead atoms. The summed E-state index contributed by atoms with van der Waals surface area (Å²) in [6.45, 7) is 0.0490. The Kier molecular flexibility index (Phi) is 5.39. The Bertz CT molecular complexity index is 1110. The Labute approximate surface area is 161 Å². The summed E-state index contributed by atoms with van der Waals surface area (Å²) in [6, 6.07) is 13.7. The summed E-state index contributed by atoms with van der Waals surface area (Å²) in [5, 5.41) is 5.01. The molecule has 0 aliphatic carbocycles. The van der Waals surface area contributed by atoms with Crippen molar-refractivity contribution in [3.05, 3.63) is 64.6 Å². The topological polar surface area (TPSA) is 108 Å². The first-order valence-corrected chi connectivity index (χ1v) is 8.63. The van der Waals surface area contributed by atoms with E-state index in [0.29, 0.717) is 22.2 Å². The van der Waals surface area contributed by atoms with Crippen LogP contribution in [0.3, 0.4) is 0 Å². The minimum Gasteiger partial charge on any atom is -0.495 e. The number of hydrogen-bond acceptors (Lipinski definition) is 5. The molecule has 144 valence electrons. The van der Waals surface area contributed by atoms with Crippen LogP contribution in [0.2, 0.25) is 0 Å². The molecule has 0 aliphatic rings. The summed E-state index contributed by atoms with van der Waals surface area (Å²) >= 11 is 0. The number of nitrogens with two attached hydrogens (primary N) is 1. The number of aryl methyl sites for hydroxylation is 1. The molecule has 2 N–H and O–H groups in total. The number of para-hydroxylation sites is 2. The fraction of sp³-hybridized carbons (Fsp3) is 0.200. The van der Waals surface area contributed by atoms with Gasteiger partial charge in [0.15, 0.2) is 5.69 Å². The molecular weight excluding hydrogens is 360 g/mol. The van der Waals surface area contributed by atoms with E-state index in [0.717, 1.165) is 4.68 Å². The zero-order valence-corrected chi connectivity index (χ0v) is 15.6. The summed E-state index contributed by atoms with van der Waals surface area (Å²) in [5.74, 6) is -0.530. The number of amides is 2. The molecule has 0 unspecified atom stereocenters. The molecule has 1 aromatic heterocycles. The summed E-state index contributed by atoms with van der Waals surface area (Å²) in [4.78, 5) is 38.5. The monoisotopic (exact) mass is 380 g/mol. The van der Waals surface area contributed by atoms with E-state index in [-0.39, 0.29) is 24.2 Å². The molecule has 8 heteroatoms. The molecule has 1 heterocycles. The Morgan fingerprint density at radius 1 is 1.11 bits per heavy atom. The van der Waals surface area contributed by atoms with Crippen molar-refractivity contribution in [2.24, 2.45) is 12.8 Å². The van der Waals surface area contributed by atoms with E-state index in [4.69, 9.17) is 10.5 Å². The molecule has 0 radical (unpaired) electrons. The second-order valence-electron chi connectivity index (χ2n) is 6.17. The van der Waals surface area contributed by atoms with Crippen LogP contribution in [0, 0.1) is 0 Å². The number of rotatable bonds is 6. The maximum atomic E-state index is 13.4. The molecule has 0 saturated heterocycles. The van der Waals surface area contributed by atoms with Crippen LogP contribution in [0.25, 0.3) is 10.8 Å². The lowest BCUT2D eigenvalue weighted by atomic mass is 10.1. The number of benzene rings is 2. The third kappa shape index (κ3) is 3.57. The number of carbonyl (C=O) groups excluding carboxylic acids is 2. The molecule has 3 rings (SSSR count). The van der Waals surface area contributed by atoms with Crippen LogP contribution in [0.15, 0.2) is 53.3 Å². The third-order valence-corrected chi connectivity index (χ3v) is 4.36. The summed E-state index contributed by atoms with van der Waals surface area (Å²) in [6.07, 6.45) is -0.0342. The zero-order valence-electron chi connectivity index (χ0n) is 15.6. The number of fused-ring (bicyclic) bond motifs is 1. The highest BCUT2D eigenvalue weighted by atomic mass is 16.5. The van der Waals surface area contributed by atoms with Crippen LogP contribution in [0.4, 0.5) is 5.69 Å². The second-order valence-corrected chi connectivity index (χ2v) is 6.17. The number of primary amides is 1. The van der Waals surface area contributed by atoms with Gasteiger partial charge in [-0.05, 0) is 18.2 Å². The minimum absolute atomic E-state index is 0.0342. The first-order valence-electron chi connectivity index (χ1n) is 8.63. The van der Waals surface area contributed by atoms with E-state index in [9.17, 15) is 14.4 Å². The van der Waals surface area contributed by atoms with Gasteiger partial charge in [-0.15, -0.1) is 0 Å². The molecule has 0 atom stereocenters. The number of ether oxygens (including phenoxy) is 1. The van der Waals surface area contributed by atoms with Crippen LogP contribution in [-0.4, -0.2) is 35.2 Å². The molecule has 28 heavy (non-hydrogen) atoms. The number of hydrogen-bond donors (Lipinski definition) is 1. The second kappa shape index (κ2) is 7.91. The van der Waals surface area contributed by atoms with Crippen molar-refractivity contribution in [2.75, 3.05) is 18.6 Å². The highest BCUT2D eigenvalue weighted by molar-refractivity contribution is 6.13. The van der Waals surface area contributed by atoms with Gasteiger partial charge in [0.2, 0.25) is 5.91 Å². The number of aromatic nitrogens is 2. The van der Waals surface area contributed by atoms with E-state index in [1.54, 1.807) is 48.5 Å². The quantitative estimate of drug-likeness (QED) is 0.697. The average molecular weight is 380 g/mol. The molecular formula is C20H20N4O4. The predicted molar refractivity (Wildman–Crippen MR) is 105 cm³/mol. The summed E-state index contributed by atoms with van der Waals surface area (Å²) < 4.78 is 6.49. The van der Waals surface area contributed by atoms with Gasteiger partial charge in [-0.2, -0.15) is 5.10 Å². The van der Waals surface area contributed by atoms with Gasteiger partial charge in [-0.1, -0.05) is 30.3 Å². The van der Waals surface area contributed by atoms with Crippen LogP contribution >= 0.6 is 0 Å². The highest BCUT2D eigenvalue weighted by Gasteiger charge is 2.25. The number of carbonyl (C=O) groups is 2. The van der Waals surface area contributed by atoms with Crippen molar-refractivity contribution in [3.63, 3.8) is 0 Å². The van der Waals surface area contributed by atoms with Gasteiger partial charge >= 0.3 is 0 Å². The zero-order chi connectivity index (χ0) is 20.3. The average Bonchev–Trinajstić information content (AvgIpc) is 2.70. The van der Waals surface area contributed by atoms with E-state index < -0.39 is 11.8 Å². The van der Waals surface area contributed by atoms with E-state index in [2.05, 4.69) is 5.10 Å². The molecule has 0 aliphatic heterocycles. The lowest BCUT2D eigenvalue weighted by Gasteiger charge is -2.24. The standard InChI is InChI=1S/C20H20N4O4/c1-23-19(26)14-8-4-3-7-13(14)18(22-23)20(27)24(12-11-17(21)25)15-9-5-6-10-16(15)28-2/h3-10H,11-12H2,1-2H3,(H2,21,25). The molecule has 0 saturated carbocycles. The van der Waals surface area contributed by atoms with Crippen molar-refractivity contribution >= 4 is 28.3 Å². The van der Waals surface area contributed by atoms with Gasteiger partial charge in [-0.3, -0.25) is 14.4 Å². The normalized spacial score (nSPS) is 10.6. The Hall–Kier alpha value is -3.68. The molecule has 0 fully saturated rings. The first kappa shape index (κ1) is 19.1. The fourth-order valence-corrected chi connectivity index (χ4v) is 2.99. The summed E-state index contributed by atoms with van der Waals surface area (Å²) in [7, 11) is 2.98. The van der Waals surface area contributed by atoms with E-state index in [1.165, 1.54) is 19.1 Å². The number of nitrogens with zero attached hydrogens (tertiary/aromatic N) is 3. The predicted octanol–water partition coefficient (Wildman–Crippen LogP) is 1.46. The van der Waals surface area contributed by atoms with Crippen LogP contribution in [-0.2, 0) is 11.8 Å². The smallest absolute Gasteiger partial charge is 0.279 e. The van der Waals surface area contributed by atoms with Crippen LogP contribution < -0.4 is 20.9 Å². The largest absolute Gasteiger partial charge is 0.495 e. The maximum absolute atomic E-state index is 13.4. The number of anilines is 1. The van der Waals surface area contributed by atoms with Crippen molar-refractivity contribution in [2.45, 2.75) is 6.42 Å². The molecule has 8 nitrogen and oxygen atoms in total. The fourth-order valence-electron chi connectivity index (χ4n) is 2.99. The van der Waals surface area contributed by atoms with Crippen LogP contribution in [0.5, 0.6) is 5.75 Å². The number of methoxy groups -OCH3 is 1. The summed E-state index contributed by atoms with van der Waals surface area (Å²) in [5.41, 5.74) is 5.58. The highest BCUT2D eigenvalue weighted by Crippen LogP contribution is 2.29. The van der Waals surface area contributed by atoms with Gasteiger partial charge in [0.05, 0.1) is 18.2 Å². The van der Waals surface area contributed by atoms with Gasteiger partial charge in [-0.25, -0.2) is 4.68 Å². The lowest BCUT2D eigenvalue weighted by molar-refractivity contribution is -0.117. The van der Waals surface area contributed by atoms with Gasteiger partial charge < -0.3 is 15.4 Å². The first-order chi connectivity index (χ1) is 13.4. The SMILES string of the molecule is COc1ccccc1N(CCC(N)=O)C(=O)c1nn(C)c(=O)c2ccccc12. The molecule has 2 aromatic carbocycles. The Morgan fingerprint density at radius 3 is 2.43 bits per heavy atom.